The average Bonchev–Trinajstić information content (AvgIpc) is 2.98. The summed E-state index contributed by atoms with van der Waals surface area (Å²) >= 11 is 0. The number of nitrogens with zero attached hydrogens (tertiary/aromatic N) is 1. The first-order valence-corrected chi connectivity index (χ1v) is 8.49. The van der Waals surface area contributed by atoms with E-state index < -0.39 is 0 Å². The first-order chi connectivity index (χ1) is 11.7. The van der Waals surface area contributed by atoms with Crippen molar-refractivity contribution in [3.05, 3.63) is 65.7 Å². The predicted molar refractivity (Wildman–Crippen MR) is 105 cm³/mol. The second-order valence-corrected chi connectivity index (χ2v) is 6.62. The molecule has 0 aliphatic carbocycles. The van der Waals surface area contributed by atoms with Crippen molar-refractivity contribution in [2.45, 2.75) is 12.8 Å². The van der Waals surface area contributed by atoms with Crippen LogP contribution in [0.25, 0.3) is 0 Å². The maximum Gasteiger partial charge on any atom is 0.238 e. The predicted octanol–water partition coefficient (Wildman–Crippen LogP) is 3.03. The molecule has 25 heavy (non-hydrogen) atoms. The summed E-state index contributed by atoms with van der Waals surface area (Å²) in [6.07, 6.45) is 0. The van der Waals surface area contributed by atoms with E-state index >= 15 is 0 Å². The third-order valence-electron chi connectivity index (χ3n) is 4.72. The summed E-state index contributed by atoms with van der Waals surface area (Å²) in [6, 6.07) is 18.4. The summed E-state index contributed by atoms with van der Waals surface area (Å²) in [6.45, 7) is 4.83. The van der Waals surface area contributed by atoms with Crippen LogP contribution in [0.3, 0.4) is 0 Å². The van der Waals surface area contributed by atoms with E-state index in [0.717, 1.165) is 24.3 Å². The van der Waals surface area contributed by atoms with Crippen LogP contribution >= 0.6 is 12.4 Å². The van der Waals surface area contributed by atoms with Crippen molar-refractivity contribution in [1.82, 2.24) is 4.90 Å². The Kier molecular flexibility index (Phi) is 7.00. The molecule has 1 amide bonds. The SMILES string of the molecule is Cc1cccc(NC(=O)CN2C[C@@H](CN)[C@H](c3ccccc3)C2)c1.Cl. The van der Waals surface area contributed by atoms with E-state index in [0.29, 0.717) is 24.9 Å². The van der Waals surface area contributed by atoms with Gasteiger partial charge in [0.1, 0.15) is 0 Å². The van der Waals surface area contributed by atoms with Crippen LogP contribution in [0.2, 0.25) is 0 Å². The minimum Gasteiger partial charge on any atom is -0.330 e. The Labute approximate surface area is 155 Å². The first kappa shape index (κ1) is 19.4. The van der Waals surface area contributed by atoms with Gasteiger partial charge in [0.15, 0.2) is 0 Å². The molecule has 2 aromatic rings. The van der Waals surface area contributed by atoms with Gasteiger partial charge in [-0.1, -0.05) is 42.5 Å². The molecule has 0 bridgehead atoms. The minimum atomic E-state index is 0. The van der Waals surface area contributed by atoms with Gasteiger partial charge in [-0.2, -0.15) is 0 Å². The molecular weight excluding hydrogens is 334 g/mol. The summed E-state index contributed by atoms with van der Waals surface area (Å²) in [5, 5.41) is 2.99. The minimum absolute atomic E-state index is 0. The summed E-state index contributed by atoms with van der Waals surface area (Å²) < 4.78 is 0. The molecule has 2 aromatic carbocycles. The van der Waals surface area contributed by atoms with Crippen molar-refractivity contribution >= 4 is 24.0 Å². The fourth-order valence-corrected chi connectivity index (χ4v) is 3.53. The highest BCUT2D eigenvalue weighted by atomic mass is 35.5. The molecule has 0 unspecified atom stereocenters. The lowest BCUT2D eigenvalue weighted by Gasteiger charge is -2.16. The van der Waals surface area contributed by atoms with E-state index in [1.54, 1.807) is 0 Å². The fraction of sp³-hybridized carbons (Fsp3) is 0.350. The standard InChI is InChI=1S/C20H25N3O.ClH/c1-15-6-5-9-18(10-15)22-20(24)14-23-12-17(11-21)19(13-23)16-7-3-2-4-8-16;/h2-10,17,19H,11-14,21H2,1H3,(H,22,24);1H/t17-,19+;/m1./s1. The van der Waals surface area contributed by atoms with Crippen LogP contribution in [0, 0.1) is 12.8 Å². The Hall–Kier alpha value is -1.88. The van der Waals surface area contributed by atoms with Gasteiger partial charge in [-0.25, -0.2) is 0 Å². The van der Waals surface area contributed by atoms with E-state index in [1.165, 1.54) is 5.56 Å². The molecule has 1 aliphatic heterocycles. The highest BCUT2D eigenvalue weighted by Gasteiger charge is 2.33. The Morgan fingerprint density at radius 2 is 1.92 bits per heavy atom. The van der Waals surface area contributed by atoms with Gasteiger partial charge in [0.2, 0.25) is 5.91 Å². The van der Waals surface area contributed by atoms with Crippen LogP contribution in [-0.2, 0) is 4.79 Å². The Balaban J connectivity index is 0.00000225. The lowest BCUT2D eigenvalue weighted by molar-refractivity contribution is -0.117. The Morgan fingerprint density at radius 1 is 1.16 bits per heavy atom. The molecule has 0 aromatic heterocycles. The van der Waals surface area contributed by atoms with E-state index in [2.05, 4.69) is 34.5 Å². The summed E-state index contributed by atoms with van der Waals surface area (Å²) in [7, 11) is 0. The number of hydrogen-bond acceptors (Lipinski definition) is 3. The lowest BCUT2D eigenvalue weighted by Crippen LogP contribution is -2.32. The number of benzene rings is 2. The van der Waals surface area contributed by atoms with Crippen molar-refractivity contribution < 1.29 is 4.79 Å². The molecule has 1 heterocycles. The highest BCUT2D eigenvalue weighted by Crippen LogP contribution is 2.31. The van der Waals surface area contributed by atoms with Gasteiger partial charge >= 0.3 is 0 Å². The number of carbonyl (C=O) groups excluding carboxylic acids is 1. The van der Waals surface area contributed by atoms with Gasteiger partial charge in [0.05, 0.1) is 6.54 Å². The van der Waals surface area contributed by atoms with Crippen LogP contribution in [0.5, 0.6) is 0 Å². The third kappa shape index (κ3) is 5.05. The zero-order valence-electron chi connectivity index (χ0n) is 14.5. The number of likely N-dealkylation sites (tertiary alicyclic amines) is 1. The molecule has 1 fully saturated rings. The Morgan fingerprint density at radius 3 is 2.60 bits per heavy atom. The molecule has 134 valence electrons. The number of rotatable bonds is 5. The Bertz CT molecular complexity index is 692. The summed E-state index contributed by atoms with van der Waals surface area (Å²) in [5.41, 5.74) is 9.28. The normalized spacial score (nSPS) is 20.1. The van der Waals surface area contributed by atoms with Crippen molar-refractivity contribution in [2.24, 2.45) is 11.7 Å². The lowest BCUT2D eigenvalue weighted by atomic mass is 9.89. The van der Waals surface area contributed by atoms with Crippen LogP contribution in [0.4, 0.5) is 5.69 Å². The molecule has 5 heteroatoms. The number of nitrogens with one attached hydrogen (secondary N) is 1. The van der Waals surface area contributed by atoms with E-state index in [9.17, 15) is 4.79 Å². The number of halogens is 1. The molecule has 3 rings (SSSR count). The molecule has 3 N–H and O–H groups in total. The van der Waals surface area contributed by atoms with E-state index in [1.807, 2.05) is 37.3 Å². The van der Waals surface area contributed by atoms with Crippen LogP contribution < -0.4 is 11.1 Å². The van der Waals surface area contributed by atoms with Gasteiger partial charge in [-0.05, 0) is 42.6 Å². The van der Waals surface area contributed by atoms with Crippen molar-refractivity contribution in [2.75, 3.05) is 31.5 Å². The van der Waals surface area contributed by atoms with E-state index in [-0.39, 0.29) is 18.3 Å². The molecule has 0 saturated carbocycles. The van der Waals surface area contributed by atoms with Gasteiger partial charge in [-0.15, -0.1) is 12.4 Å². The van der Waals surface area contributed by atoms with E-state index in [4.69, 9.17) is 5.73 Å². The summed E-state index contributed by atoms with van der Waals surface area (Å²) in [4.78, 5) is 14.5. The van der Waals surface area contributed by atoms with Gasteiger partial charge in [-0.3, -0.25) is 9.69 Å². The molecule has 0 spiro atoms. The number of aryl methyl sites for hydroxylation is 1. The smallest absolute Gasteiger partial charge is 0.238 e. The third-order valence-corrected chi connectivity index (χ3v) is 4.72. The topological polar surface area (TPSA) is 58.4 Å². The van der Waals surface area contributed by atoms with Crippen LogP contribution in [-0.4, -0.2) is 37.0 Å². The molecular formula is C20H26ClN3O. The van der Waals surface area contributed by atoms with Gasteiger partial charge in [0.25, 0.3) is 0 Å². The molecule has 1 saturated heterocycles. The molecule has 4 nitrogen and oxygen atoms in total. The monoisotopic (exact) mass is 359 g/mol. The largest absolute Gasteiger partial charge is 0.330 e. The summed E-state index contributed by atoms with van der Waals surface area (Å²) in [5.74, 6) is 0.840. The zero-order valence-corrected chi connectivity index (χ0v) is 15.3. The first-order valence-electron chi connectivity index (χ1n) is 8.49. The fourth-order valence-electron chi connectivity index (χ4n) is 3.53. The number of hydrogen-bond donors (Lipinski definition) is 2. The maximum absolute atomic E-state index is 12.3. The molecule has 0 radical (unpaired) electrons. The van der Waals surface area contributed by atoms with Crippen LogP contribution in [0.1, 0.15) is 17.0 Å². The van der Waals surface area contributed by atoms with Gasteiger partial charge in [0, 0.05) is 24.7 Å². The van der Waals surface area contributed by atoms with Crippen molar-refractivity contribution in [3.63, 3.8) is 0 Å². The van der Waals surface area contributed by atoms with Crippen molar-refractivity contribution in [1.29, 1.82) is 0 Å². The second-order valence-electron chi connectivity index (χ2n) is 6.62. The molecule has 1 aliphatic rings. The van der Waals surface area contributed by atoms with Gasteiger partial charge < -0.3 is 11.1 Å². The zero-order chi connectivity index (χ0) is 16.9. The number of anilines is 1. The highest BCUT2D eigenvalue weighted by molar-refractivity contribution is 5.92. The molecule has 2 atom stereocenters. The van der Waals surface area contributed by atoms with Crippen molar-refractivity contribution in [3.8, 4) is 0 Å². The second kappa shape index (κ2) is 8.99. The number of amides is 1. The maximum atomic E-state index is 12.3. The average molecular weight is 360 g/mol. The number of nitrogens with two attached hydrogens (primary N) is 1. The number of carbonyl (C=O) groups is 1. The quantitative estimate of drug-likeness (QED) is 0.862. The van der Waals surface area contributed by atoms with Crippen LogP contribution in [0.15, 0.2) is 54.6 Å².